The van der Waals surface area contributed by atoms with Gasteiger partial charge in [0.05, 0.1) is 0 Å². The minimum absolute atomic E-state index is 0.743. The zero-order chi connectivity index (χ0) is 9.84. The van der Waals surface area contributed by atoms with Crippen LogP contribution >= 0.6 is 0 Å². The van der Waals surface area contributed by atoms with Crippen LogP contribution in [0.15, 0.2) is 0 Å². The number of hydrogen-bond donors (Lipinski definition) is 0. The fourth-order valence-corrected chi connectivity index (χ4v) is 1.98. The Kier molecular flexibility index (Phi) is 4.20. The van der Waals surface area contributed by atoms with Crippen LogP contribution < -0.4 is 0 Å². The summed E-state index contributed by atoms with van der Waals surface area (Å²) in [6.45, 7) is 12.0. The summed E-state index contributed by atoms with van der Waals surface area (Å²) < 4.78 is 0. The Labute approximate surface area is 82.9 Å². The summed E-state index contributed by atoms with van der Waals surface area (Å²) in [5, 5.41) is 0. The molecule has 1 aliphatic rings. The van der Waals surface area contributed by atoms with Crippen molar-refractivity contribution in [2.24, 2.45) is 5.92 Å². The minimum Gasteiger partial charge on any atom is -0.304 e. The molecule has 2 heteroatoms. The van der Waals surface area contributed by atoms with E-state index in [1.807, 2.05) is 0 Å². The van der Waals surface area contributed by atoms with Gasteiger partial charge < -0.3 is 4.90 Å². The summed E-state index contributed by atoms with van der Waals surface area (Å²) >= 11 is 0. The largest absolute Gasteiger partial charge is 0.304 e. The van der Waals surface area contributed by atoms with Gasteiger partial charge in [0.1, 0.15) is 0 Å². The number of hydrogen-bond acceptors (Lipinski definition) is 2. The molecule has 78 valence electrons. The molecular weight excluding hydrogens is 160 g/mol. The monoisotopic (exact) mass is 184 g/mol. The third-order valence-electron chi connectivity index (χ3n) is 3.21. The molecule has 1 saturated heterocycles. The van der Waals surface area contributed by atoms with E-state index in [-0.39, 0.29) is 0 Å². The fourth-order valence-electron chi connectivity index (χ4n) is 1.98. The van der Waals surface area contributed by atoms with E-state index in [1.165, 1.54) is 32.6 Å². The Morgan fingerprint density at radius 3 is 2.62 bits per heavy atom. The van der Waals surface area contributed by atoms with Crippen molar-refractivity contribution < 1.29 is 0 Å². The zero-order valence-electron chi connectivity index (χ0n) is 9.58. The Balaban J connectivity index is 2.33. The van der Waals surface area contributed by atoms with E-state index < -0.39 is 0 Å². The molecule has 0 amide bonds. The topological polar surface area (TPSA) is 6.48 Å². The molecule has 1 rings (SSSR count). The summed E-state index contributed by atoms with van der Waals surface area (Å²) in [4.78, 5) is 5.06. The normalized spacial score (nSPS) is 29.1. The second kappa shape index (κ2) is 4.97. The van der Waals surface area contributed by atoms with Crippen LogP contribution in [0.25, 0.3) is 0 Å². The van der Waals surface area contributed by atoms with Gasteiger partial charge in [0.15, 0.2) is 0 Å². The van der Waals surface area contributed by atoms with E-state index in [0.717, 1.165) is 12.0 Å². The maximum Gasteiger partial charge on any atom is 0.0195 e. The van der Waals surface area contributed by atoms with Gasteiger partial charge in [-0.05, 0) is 19.9 Å². The molecule has 2 nitrogen and oxygen atoms in total. The Morgan fingerprint density at radius 2 is 2.08 bits per heavy atom. The average Bonchev–Trinajstić information content (AvgIpc) is 2.09. The van der Waals surface area contributed by atoms with Crippen LogP contribution in [0.1, 0.15) is 27.2 Å². The van der Waals surface area contributed by atoms with Gasteiger partial charge in [0, 0.05) is 32.2 Å². The maximum atomic E-state index is 2.63. The van der Waals surface area contributed by atoms with Crippen molar-refractivity contribution in [3.8, 4) is 0 Å². The second-order valence-electron chi connectivity index (χ2n) is 4.62. The summed E-state index contributed by atoms with van der Waals surface area (Å²) in [6.07, 6.45) is 1.30. The predicted octanol–water partition coefficient (Wildman–Crippen LogP) is 1.67. The van der Waals surface area contributed by atoms with Gasteiger partial charge >= 0.3 is 0 Å². The summed E-state index contributed by atoms with van der Waals surface area (Å²) in [5.41, 5.74) is 0. The van der Waals surface area contributed by atoms with Crippen LogP contribution in [0.5, 0.6) is 0 Å². The first-order chi connectivity index (χ1) is 6.13. The van der Waals surface area contributed by atoms with Gasteiger partial charge in [-0.15, -0.1) is 0 Å². The molecule has 2 atom stereocenters. The Bertz CT molecular complexity index is 147. The summed E-state index contributed by atoms with van der Waals surface area (Å²) in [6, 6.07) is 0.743. The van der Waals surface area contributed by atoms with Gasteiger partial charge in [0.25, 0.3) is 0 Å². The van der Waals surface area contributed by atoms with E-state index in [9.17, 15) is 0 Å². The van der Waals surface area contributed by atoms with Crippen LogP contribution in [0, 0.1) is 5.92 Å². The summed E-state index contributed by atoms with van der Waals surface area (Å²) in [5.74, 6) is 0.853. The van der Waals surface area contributed by atoms with E-state index in [4.69, 9.17) is 0 Å². The zero-order valence-corrected chi connectivity index (χ0v) is 9.58. The molecule has 0 N–H and O–H groups in total. The molecule has 1 fully saturated rings. The molecule has 0 saturated carbocycles. The standard InChI is InChI=1S/C11H24N2/c1-5-10(2)8-13-7-6-12(4)9-11(13)3/h10-11H,5-9H2,1-4H3/t10?,11-/m1/s1. The van der Waals surface area contributed by atoms with Crippen molar-refractivity contribution >= 4 is 0 Å². The van der Waals surface area contributed by atoms with Crippen molar-refractivity contribution in [1.82, 2.24) is 9.80 Å². The van der Waals surface area contributed by atoms with E-state index in [2.05, 4.69) is 37.6 Å². The van der Waals surface area contributed by atoms with Gasteiger partial charge in [-0.2, -0.15) is 0 Å². The average molecular weight is 184 g/mol. The fraction of sp³-hybridized carbons (Fsp3) is 1.00. The lowest BCUT2D eigenvalue weighted by molar-refractivity contribution is 0.0867. The first kappa shape index (κ1) is 11.0. The molecule has 1 heterocycles. The predicted molar refractivity (Wildman–Crippen MR) is 58.0 cm³/mol. The van der Waals surface area contributed by atoms with Gasteiger partial charge in [-0.25, -0.2) is 0 Å². The van der Waals surface area contributed by atoms with Crippen LogP contribution in [0.4, 0.5) is 0 Å². The highest BCUT2D eigenvalue weighted by Crippen LogP contribution is 2.12. The number of rotatable bonds is 3. The van der Waals surface area contributed by atoms with Crippen LogP contribution in [-0.4, -0.2) is 49.1 Å². The molecule has 0 aromatic heterocycles. The highest BCUT2D eigenvalue weighted by Gasteiger charge is 2.21. The lowest BCUT2D eigenvalue weighted by Gasteiger charge is -2.39. The SMILES string of the molecule is CCC(C)CN1CCN(C)C[C@H]1C. The Hall–Kier alpha value is -0.0800. The highest BCUT2D eigenvalue weighted by atomic mass is 15.3. The Morgan fingerprint density at radius 1 is 1.38 bits per heavy atom. The summed E-state index contributed by atoms with van der Waals surface area (Å²) in [7, 11) is 2.22. The van der Waals surface area contributed by atoms with Crippen molar-refractivity contribution in [1.29, 1.82) is 0 Å². The number of piperazine rings is 1. The van der Waals surface area contributed by atoms with Gasteiger partial charge in [0.2, 0.25) is 0 Å². The van der Waals surface area contributed by atoms with E-state index in [0.29, 0.717) is 0 Å². The molecule has 1 aliphatic heterocycles. The minimum atomic E-state index is 0.743. The molecule has 0 radical (unpaired) electrons. The van der Waals surface area contributed by atoms with Crippen LogP contribution in [-0.2, 0) is 0 Å². The lowest BCUT2D eigenvalue weighted by atomic mass is 10.1. The first-order valence-corrected chi connectivity index (χ1v) is 5.56. The van der Waals surface area contributed by atoms with Gasteiger partial charge in [-0.3, -0.25) is 4.90 Å². The first-order valence-electron chi connectivity index (χ1n) is 5.56. The molecule has 0 aliphatic carbocycles. The van der Waals surface area contributed by atoms with Crippen LogP contribution in [0.2, 0.25) is 0 Å². The highest BCUT2D eigenvalue weighted by molar-refractivity contribution is 4.78. The van der Waals surface area contributed by atoms with Crippen molar-refractivity contribution in [2.45, 2.75) is 33.2 Å². The van der Waals surface area contributed by atoms with Crippen molar-refractivity contribution in [3.63, 3.8) is 0 Å². The van der Waals surface area contributed by atoms with E-state index in [1.54, 1.807) is 0 Å². The number of likely N-dealkylation sites (N-methyl/N-ethyl adjacent to an activating group) is 1. The molecule has 0 spiro atoms. The van der Waals surface area contributed by atoms with Gasteiger partial charge in [-0.1, -0.05) is 20.3 Å². The van der Waals surface area contributed by atoms with Crippen LogP contribution in [0.3, 0.4) is 0 Å². The molecular formula is C11H24N2. The molecule has 0 aromatic carbocycles. The smallest absolute Gasteiger partial charge is 0.0195 e. The second-order valence-corrected chi connectivity index (χ2v) is 4.62. The number of nitrogens with zero attached hydrogens (tertiary/aromatic N) is 2. The molecule has 13 heavy (non-hydrogen) atoms. The third-order valence-corrected chi connectivity index (χ3v) is 3.21. The van der Waals surface area contributed by atoms with Crippen molar-refractivity contribution in [3.05, 3.63) is 0 Å². The molecule has 0 aromatic rings. The van der Waals surface area contributed by atoms with Crippen molar-refractivity contribution in [2.75, 3.05) is 33.2 Å². The molecule has 0 bridgehead atoms. The molecule has 1 unspecified atom stereocenters. The lowest BCUT2D eigenvalue weighted by Crippen LogP contribution is -2.51. The maximum absolute atomic E-state index is 2.63. The van der Waals surface area contributed by atoms with E-state index >= 15 is 0 Å². The third kappa shape index (κ3) is 3.28. The quantitative estimate of drug-likeness (QED) is 0.658.